The Bertz CT molecular complexity index is 846. The van der Waals surface area contributed by atoms with E-state index in [1.165, 1.54) is 25.3 Å². The van der Waals surface area contributed by atoms with E-state index in [1.54, 1.807) is 29.3 Å². The summed E-state index contributed by atoms with van der Waals surface area (Å²) in [6, 6.07) is 8.71. The van der Waals surface area contributed by atoms with Gasteiger partial charge >= 0.3 is 6.03 Å². The molecule has 28 heavy (non-hydrogen) atoms. The number of anilines is 1. The average Bonchev–Trinajstić information content (AvgIpc) is 2.72. The molecule has 8 heteroatoms. The van der Waals surface area contributed by atoms with Crippen molar-refractivity contribution in [2.75, 3.05) is 32.1 Å². The Morgan fingerprint density at radius 3 is 2.96 bits per heavy atom. The summed E-state index contributed by atoms with van der Waals surface area (Å²) in [7, 11) is 1.49. The maximum atomic E-state index is 13.2. The second-order valence-electron chi connectivity index (χ2n) is 6.67. The number of likely N-dealkylation sites (tertiary alicyclic amines) is 1. The third-order valence-corrected chi connectivity index (χ3v) is 4.63. The number of carbonyl (C=O) groups excluding carboxylic acids is 2. The number of hydrogen-bond acceptors (Lipinski definition) is 4. The molecule has 2 aromatic rings. The van der Waals surface area contributed by atoms with E-state index in [4.69, 9.17) is 4.74 Å². The fourth-order valence-corrected chi connectivity index (χ4v) is 3.28. The first kappa shape index (κ1) is 19.6. The number of benzene rings is 1. The molecule has 2 heterocycles. The number of amides is 3. The monoisotopic (exact) mass is 386 g/mol. The summed E-state index contributed by atoms with van der Waals surface area (Å²) in [6.07, 6.45) is 3.34. The highest BCUT2D eigenvalue weighted by Crippen LogP contribution is 2.21. The number of nitrogens with zero attached hydrogens (tertiary/aromatic N) is 2. The van der Waals surface area contributed by atoms with Crippen LogP contribution in [0.25, 0.3) is 0 Å². The zero-order valence-electron chi connectivity index (χ0n) is 15.7. The fourth-order valence-electron chi connectivity index (χ4n) is 3.28. The number of hydrogen-bond donors (Lipinski definition) is 2. The summed E-state index contributed by atoms with van der Waals surface area (Å²) in [6.45, 7) is 1.62. The van der Waals surface area contributed by atoms with Crippen LogP contribution in [-0.4, -0.2) is 48.6 Å². The molecule has 148 valence electrons. The molecule has 0 saturated carbocycles. The molecule has 1 aromatic carbocycles. The minimum atomic E-state index is -0.412. The molecule has 0 radical (unpaired) electrons. The Kier molecular flexibility index (Phi) is 6.41. The van der Waals surface area contributed by atoms with Gasteiger partial charge < -0.3 is 20.3 Å². The zero-order valence-corrected chi connectivity index (χ0v) is 15.7. The highest BCUT2D eigenvalue weighted by molar-refractivity contribution is 5.96. The van der Waals surface area contributed by atoms with E-state index in [1.807, 2.05) is 0 Å². The number of carbonyl (C=O) groups is 2. The van der Waals surface area contributed by atoms with Gasteiger partial charge in [-0.1, -0.05) is 6.07 Å². The van der Waals surface area contributed by atoms with Crippen molar-refractivity contribution in [3.05, 3.63) is 54.0 Å². The van der Waals surface area contributed by atoms with Gasteiger partial charge in [0.15, 0.2) is 0 Å². The van der Waals surface area contributed by atoms with E-state index >= 15 is 0 Å². The van der Waals surface area contributed by atoms with Crippen molar-refractivity contribution in [1.82, 2.24) is 15.2 Å². The van der Waals surface area contributed by atoms with Crippen molar-refractivity contribution in [2.45, 2.75) is 12.8 Å². The first-order valence-corrected chi connectivity index (χ1v) is 9.15. The third-order valence-electron chi connectivity index (χ3n) is 4.63. The molecule has 1 atom stereocenters. The Labute approximate surface area is 162 Å². The van der Waals surface area contributed by atoms with E-state index in [0.717, 1.165) is 12.8 Å². The van der Waals surface area contributed by atoms with E-state index in [2.05, 4.69) is 15.6 Å². The van der Waals surface area contributed by atoms with Gasteiger partial charge in [0.05, 0.1) is 7.11 Å². The molecule has 1 unspecified atom stereocenters. The maximum absolute atomic E-state index is 13.2. The SMILES string of the molecule is COc1ncccc1C(=O)N1CCCC(CNC(=O)Nc2cccc(F)c2)C1. The molecular formula is C20H23FN4O3. The van der Waals surface area contributed by atoms with Gasteiger partial charge in [0.1, 0.15) is 11.4 Å². The molecule has 2 N–H and O–H groups in total. The number of piperidine rings is 1. The van der Waals surface area contributed by atoms with E-state index < -0.39 is 11.8 Å². The number of ether oxygens (including phenoxy) is 1. The van der Waals surface area contributed by atoms with Gasteiger partial charge in [0, 0.05) is 31.5 Å². The van der Waals surface area contributed by atoms with Crippen molar-refractivity contribution >= 4 is 17.6 Å². The first-order valence-electron chi connectivity index (χ1n) is 9.15. The summed E-state index contributed by atoms with van der Waals surface area (Å²) >= 11 is 0. The molecule has 1 saturated heterocycles. The van der Waals surface area contributed by atoms with E-state index in [9.17, 15) is 14.0 Å². The highest BCUT2D eigenvalue weighted by atomic mass is 19.1. The van der Waals surface area contributed by atoms with Crippen molar-refractivity contribution in [2.24, 2.45) is 5.92 Å². The van der Waals surface area contributed by atoms with Crippen LogP contribution < -0.4 is 15.4 Å². The van der Waals surface area contributed by atoms with Gasteiger partial charge in [0.25, 0.3) is 5.91 Å². The standard InChI is InChI=1S/C20H23FN4O3/c1-28-18-17(8-3-9-22-18)19(26)25-10-4-5-14(13-25)12-23-20(27)24-16-7-2-6-15(21)11-16/h2-3,6-9,11,14H,4-5,10,12-13H2,1H3,(H2,23,24,27). The molecule has 0 spiro atoms. The van der Waals surface area contributed by atoms with Gasteiger partial charge in [-0.25, -0.2) is 14.2 Å². The number of aromatic nitrogens is 1. The van der Waals surface area contributed by atoms with Crippen molar-refractivity contribution in [3.63, 3.8) is 0 Å². The average molecular weight is 386 g/mol. The predicted molar refractivity (Wildman–Crippen MR) is 103 cm³/mol. The van der Waals surface area contributed by atoms with Crippen LogP contribution in [0.2, 0.25) is 0 Å². The van der Waals surface area contributed by atoms with Gasteiger partial charge in [-0.2, -0.15) is 0 Å². The summed E-state index contributed by atoms with van der Waals surface area (Å²) in [5.74, 6) is -0.0928. The van der Waals surface area contributed by atoms with Crippen LogP contribution in [-0.2, 0) is 0 Å². The van der Waals surface area contributed by atoms with Crippen molar-refractivity contribution < 1.29 is 18.7 Å². The molecular weight excluding hydrogens is 363 g/mol. The van der Waals surface area contributed by atoms with Crippen LogP contribution in [0, 0.1) is 11.7 Å². The molecule has 3 amide bonds. The zero-order chi connectivity index (χ0) is 19.9. The van der Waals surface area contributed by atoms with Gasteiger partial charge in [-0.3, -0.25) is 4.79 Å². The largest absolute Gasteiger partial charge is 0.480 e. The molecule has 0 bridgehead atoms. The number of methoxy groups -OCH3 is 1. The van der Waals surface area contributed by atoms with Crippen molar-refractivity contribution in [1.29, 1.82) is 0 Å². The second-order valence-corrected chi connectivity index (χ2v) is 6.67. The number of urea groups is 1. The summed E-state index contributed by atoms with van der Waals surface area (Å²) in [4.78, 5) is 30.7. The normalized spacial score (nSPS) is 16.4. The van der Waals surface area contributed by atoms with Crippen molar-refractivity contribution in [3.8, 4) is 5.88 Å². The molecule has 1 fully saturated rings. The fraction of sp³-hybridized carbons (Fsp3) is 0.350. The summed E-state index contributed by atoms with van der Waals surface area (Å²) in [5, 5.41) is 5.40. The van der Waals surface area contributed by atoms with Gasteiger partial charge in [-0.05, 0) is 49.1 Å². The van der Waals surface area contributed by atoms with Crippen LogP contribution in [0.1, 0.15) is 23.2 Å². The summed E-state index contributed by atoms with van der Waals surface area (Å²) < 4.78 is 18.4. The molecule has 7 nitrogen and oxygen atoms in total. The quantitative estimate of drug-likeness (QED) is 0.828. The maximum Gasteiger partial charge on any atom is 0.319 e. The lowest BCUT2D eigenvalue weighted by molar-refractivity contribution is 0.0671. The summed E-state index contributed by atoms with van der Waals surface area (Å²) in [5.41, 5.74) is 0.823. The van der Waals surface area contributed by atoms with E-state index in [0.29, 0.717) is 36.8 Å². The number of halogens is 1. The molecule has 3 rings (SSSR count). The van der Waals surface area contributed by atoms with Crippen LogP contribution in [0.15, 0.2) is 42.6 Å². The first-order chi connectivity index (χ1) is 13.6. The van der Waals surface area contributed by atoms with Crippen LogP contribution in [0.4, 0.5) is 14.9 Å². The van der Waals surface area contributed by atoms with Gasteiger partial charge in [-0.15, -0.1) is 0 Å². The molecule has 0 aliphatic carbocycles. The lowest BCUT2D eigenvalue weighted by Crippen LogP contribution is -2.44. The number of rotatable bonds is 5. The van der Waals surface area contributed by atoms with Crippen LogP contribution in [0.5, 0.6) is 5.88 Å². The number of pyridine rings is 1. The van der Waals surface area contributed by atoms with E-state index in [-0.39, 0.29) is 11.8 Å². The smallest absolute Gasteiger partial charge is 0.319 e. The molecule has 1 aliphatic heterocycles. The Balaban J connectivity index is 1.53. The second kappa shape index (κ2) is 9.16. The highest BCUT2D eigenvalue weighted by Gasteiger charge is 2.26. The Morgan fingerprint density at radius 1 is 1.32 bits per heavy atom. The number of nitrogens with one attached hydrogen (secondary N) is 2. The van der Waals surface area contributed by atoms with Crippen LogP contribution in [0.3, 0.4) is 0 Å². The third kappa shape index (κ3) is 4.97. The predicted octanol–water partition coefficient (Wildman–Crippen LogP) is 2.90. The molecule has 1 aliphatic rings. The van der Waals surface area contributed by atoms with Crippen LogP contribution >= 0.6 is 0 Å². The minimum Gasteiger partial charge on any atom is -0.480 e. The Hall–Kier alpha value is -3.16. The Morgan fingerprint density at radius 2 is 2.18 bits per heavy atom. The minimum absolute atomic E-state index is 0.126. The van der Waals surface area contributed by atoms with Gasteiger partial charge in [0.2, 0.25) is 5.88 Å². The lowest BCUT2D eigenvalue weighted by atomic mass is 9.97. The lowest BCUT2D eigenvalue weighted by Gasteiger charge is -2.33. The molecule has 1 aromatic heterocycles. The topological polar surface area (TPSA) is 83.6 Å².